The smallest absolute Gasteiger partial charge is 0.257 e. The van der Waals surface area contributed by atoms with Gasteiger partial charge in [-0.3, -0.25) is 4.79 Å². The molecule has 0 atom stereocenters. The quantitative estimate of drug-likeness (QED) is 0.595. The summed E-state index contributed by atoms with van der Waals surface area (Å²) in [5.74, 6) is 2.13. The van der Waals surface area contributed by atoms with E-state index in [1.807, 2.05) is 60.4 Å². The van der Waals surface area contributed by atoms with E-state index in [9.17, 15) is 4.79 Å². The Kier molecular flexibility index (Phi) is 6.92. The van der Waals surface area contributed by atoms with Crippen molar-refractivity contribution in [2.24, 2.45) is 0 Å². The molecule has 1 aromatic heterocycles. The number of benzene rings is 2. The Balaban J connectivity index is 1.35. The second-order valence-electron chi connectivity index (χ2n) is 7.85. The summed E-state index contributed by atoms with van der Waals surface area (Å²) in [5, 5.41) is 3.21. The Bertz CT molecular complexity index is 1100. The number of nitrogens with zero attached hydrogens (tertiary/aromatic N) is 4. The number of methoxy groups -OCH3 is 2. The molecule has 2 heterocycles. The lowest BCUT2D eigenvalue weighted by molar-refractivity contribution is 0.0745. The van der Waals surface area contributed by atoms with E-state index in [4.69, 9.17) is 9.47 Å². The summed E-state index contributed by atoms with van der Waals surface area (Å²) in [6.45, 7) is 5.18. The number of carbonyl (C=O) groups excluding carboxylic acids is 1. The third kappa shape index (κ3) is 5.16. The molecule has 1 aliphatic rings. The van der Waals surface area contributed by atoms with Crippen LogP contribution in [0.5, 0.6) is 11.5 Å². The van der Waals surface area contributed by atoms with Crippen molar-refractivity contribution in [1.82, 2.24) is 14.9 Å². The van der Waals surface area contributed by atoms with Gasteiger partial charge in [0.25, 0.3) is 5.91 Å². The van der Waals surface area contributed by atoms with Crippen LogP contribution in [0.4, 0.5) is 11.6 Å². The number of aryl methyl sites for hydroxylation is 1. The minimum absolute atomic E-state index is 0.0334. The highest BCUT2D eigenvalue weighted by Crippen LogP contribution is 2.28. The largest absolute Gasteiger partial charge is 0.497 e. The number of anilines is 2. The van der Waals surface area contributed by atoms with Gasteiger partial charge in [0, 0.05) is 38.9 Å². The molecule has 0 saturated carbocycles. The minimum Gasteiger partial charge on any atom is -0.497 e. The summed E-state index contributed by atoms with van der Waals surface area (Å²) in [6, 6.07) is 15.8. The highest BCUT2D eigenvalue weighted by Gasteiger charge is 2.25. The van der Waals surface area contributed by atoms with Crippen molar-refractivity contribution >= 4 is 17.5 Å². The lowest BCUT2D eigenvalue weighted by atomic mass is 10.2. The Morgan fingerprint density at radius 2 is 1.73 bits per heavy atom. The molecule has 33 heavy (non-hydrogen) atoms. The molecule has 1 aliphatic heterocycles. The van der Waals surface area contributed by atoms with Crippen LogP contribution in [0.25, 0.3) is 0 Å². The molecule has 8 heteroatoms. The standard InChI is InChI=1S/C25H29N5O3/c1-18-21(17-27-25(28-18)26-16-19-8-10-20(32-2)11-9-19)24(31)30-14-12-29(13-15-30)22-6-4-5-7-23(22)33-3/h4-11,17H,12-16H2,1-3H3,(H,26,27,28). The lowest BCUT2D eigenvalue weighted by Crippen LogP contribution is -2.49. The van der Waals surface area contributed by atoms with Crippen molar-refractivity contribution in [2.75, 3.05) is 50.6 Å². The third-order valence-electron chi connectivity index (χ3n) is 5.81. The van der Waals surface area contributed by atoms with Crippen LogP contribution < -0.4 is 19.7 Å². The fourth-order valence-electron chi connectivity index (χ4n) is 3.90. The predicted octanol–water partition coefficient (Wildman–Crippen LogP) is 3.38. The molecule has 0 bridgehead atoms. The molecule has 1 saturated heterocycles. The van der Waals surface area contributed by atoms with Gasteiger partial charge in [-0.25, -0.2) is 9.97 Å². The molecule has 172 valence electrons. The highest BCUT2D eigenvalue weighted by atomic mass is 16.5. The molecule has 1 fully saturated rings. The van der Waals surface area contributed by atoms with Crippen molar-refractivity contribution in [3.05, 3.63) is 71.5 Å². The van der Waals surface area contributed by atoms with Gasteiger partial charge in [-0.2, -0.15) is 0 Å². The molecule has 1 amide bonds. The van der Waals surface area contributed by atoms with Crippen LogP contribution in [0.1, 0.15) is 21.6 Å². The van der Waals surface area contributed by atoms with Crippen molar-refractivity contribution in [3.8, 4) is 11.5 Å². The van der Waals surface area contributed by atoms with E-state index in [-0.39, 0.29) is 5.91 Å². The molecule has 0 aliphatic carbocycles. The number of amides is 1. The number of nitrogens with one attached hydrogen (secondary N) is 1. The predicted molar refractivity (Wildman–Crippen MR) is 128 cm³/mol. The third-order valence-corrected chi connectivity index (χ3v) is 5.81. The van der Waals surface area contributed by atoms with E-state index in [0.29, 0.717) is 36.8 Å². The zero-order valence-electron chi connectivity index (χ0n) is 19.2. The van der Waals surface area contributed by atoms with E-state index >= 15 is 0 Å². The van der Waals surface area contributed by atoms with E-state index in [1.54, 1.807) is 20.4 Å². The van der Waals surface area contributed by atoms with Gasteiger partial charge in [0.15, 0.2) is 0 Å². The first-order valence-electron chi connectivity index (χ1n) is 11.0. The summed E-state index contributed by atoms with van der Waals surface area (Å²) in [5.41, 5.74) is 3.35. The number of aromatic nitrogens is 2. The zero-order valence-corrected chi connectivity index (χ0v) is 19.2. The van der Waals surface area contributed by atoms with Crippen LogP contribution in [0.3, 0.4) is 0 Å². The van der Waals surface area contributed by atoms with Gasteiger partial charge in [-0.05, 0) is 36.8 Å². The van der Waals surface area contributed by atoms with Crippen LogP contribution in [-0.4, -0.2) is 61.2 Å². The average Bonchev–Trinajstić information content (AvgIpc) is 2.87. The molecule has 0 unspecified atom stereocenters. The van der Waals surface area contributed by atoms with E-state index in [2.05, 4.69) is 20.2 Å². The number of para-hydroxylation sites is 2. The first-order valence-corrected chi connectivity index (χ1v) is 11.0. The van der Waals surface area contributed by atoms with Crippen molar-refractivity contribution in [2.45, 2.75) is 13.5 Å². The SMILES string of the molecule is COc1ccc(CNc2ncc(C(=O)N3CCN(c4ccccc4OC)CC3)c(C)n2)cc1. The molecule has 4 rings (SSSR count). The van der Waals surface area contributed by atoms with Gasteiger partial charge in [-0.15, -0.1) is 0 Å². The van der Waals surface area contributed by atoms with Crippen molar-refractivity contribution < 1.29 is 14.3 Å². The molecule has 3 aromatic rings. The summed E-state index contributed by atoms with van der Waals surface area (Å²) >= 11 is 0. The van der Waals surface area contributed by atoms with Crippen LogP contribution in [0.15, 0.2) is 54.7 Å². The average molecular weight is 448 g/mol. The van der Waals surface area contributed by atoms with Gasteiger partial charge in [0.2, 0.25) is 5.95 Å². The van der Waals surface area contributed by atoms with E-state index < -0.39 is 0 Å². The second-order valence-corrected chi connectivity index (χ2v) is 7.85. The van der Waals surface area contributed by atoms with Gasteiger partial charge in [-0.1, -0.05) is 24.3 Å². The Morgan fingerprint density at radius 1 is 1.00 bits per heavy atom. The molecule has 8 nitrogen and oxygen atoms in total. The van der Waals surface area contributed by atoms with E-state index in [0.717, 1.165) is 35.8 Å². The molecule has 2 aromatic carbocycles. The Morgan fingerprint density at radius 3 is 2.39 bits per heavy atom. The first-order chi connectivity index (χ1) is 16.1. The first kappa shape index (κ1) is 22.4. The molecular formula is C25H29N5O3. The summed E-state index contributed by atoms with van der Waals surface area (Å²) in [4.78, 5) is 26.1. The molecule has 0 spiro atoms. The van der Waals surface area contributed by atoms with Crippen LogP contribution in [-0.2, 0) is 6.54 Å². The maximum atomic E-state index is 13.1. The van der Waals surface area contributed by atoms with Gasteiger partial charge in [0.05, 0.1) is 31.2 Å². The lowest BCUT2D eigenvalue weighted by Gasteiger charge is -2.36. The molecule has 1 N–H and O–H groups in total. The fraction of sp³-hybridized carbons (Fsp3) is 0.320. The van der Waals surface area contributed by atoms with Crippen LogP contribution in [0, 0.1) is 6.92 Å². The second kappa shape index (κ2) is 10.2. The number of hydrogen-bond donors (Lipinski definition) is 1. The monoisotopic (exact) mass is 447 g/mol. The van der Waals surface area contributed by atoms with Crippen molar-refractivity contribution in [3.63, 3.8) is 0 Å². The Hall–Kier alpha value is -3.81. The number of hydrogen-bond acceptors (Lipinski definition) is 7. The van der Waals surface area contributed by atoms with Crippen LogP contribution >= 0.6 is 0 Å². The summed E-state index contributed by atoms with van der Waals surface area (Å²) < 4.78 is 10.7. The number of rotatable bonds is 7. The number of piperazine rings is 1. The zero-order chi connectivity index (χ0) is 23.2. The van der Waals surface area contributed by atoms with E-state index in [1.165, 1.54) is 0 Å². The number of carbonyl (C=O) groups is 1. The van der Waals surface area contributed by atoms with Gasteiger partial charge < -0.3 is 24.6 Å². The molecular weight excluding hydrogens is 418 g/mol. The normalized spacial score (nSPS) is 13.5. The highest BCUT2D eigenvalue weighted by molar-refractivity contribution is 5.95. The maximum absolute atomic E-state index is 13.1. The van der Waals surface area contributed by atoms with Gasteiger partial charge in [0.1, 0.15) is 11.5 Å². The Labute approximate surface area is 194 Å². The van der Waals surface area contributed by atoms with Gasteiger partial charge >= 0.3 is 0 Å². The topological polar surface area (TPSA) is 79.8 Å². The van der Waals surface area contributed by atoms with Crippen molar-refractivity contribution in [1.29, 1.82) is 0 Å². The summed E-state index contributed by atoms with van der Waals surface area (Å²) in [6.07, 6.45) is 1.62. The maximum Gasteiger partial charge on any atom is 0.257 e. The minimum atomic E-state index is -0.0334. The fourth-order valence-corrected chi connectivity index (χ4v) is 3.90. The van der Waals surface area contributed by atoms with Crippen LogP contribution in [0.2, 0.25) is 0 Å². The number of ether oxygens (including phenoxy) is 2. The molecule has 0 radical (unpaired) electrons. The summed E-state index contributed by atoms with van der Waals surface area (Å²) in [7, 11) is 3.32.